The molecular formula is C23H21F3N2O5S2. The monoisotopic (exact) mass is 526 g/mol. The van der Waals surface area contributed by atoms with E-state index in [1.54, 1.807) is 0 Å². The van der Waals surface area contributed by atoms with E-state index in [1.807, 2.05) is 0 Å². The van der Waals surface area contributed by atoms with Crippen molar-refractivity contribution in [3.05, 3.63) is 46.6 Å². The number of thiocarbonyl (C=S) groups is 1. The highest BCUT2D eigenvalue weighted by molar-refractivity contribution is 8.26. The van der Waals surface area contributed by atoms with Gasteiger partial charge in [-0.05, 0) is 43.2 Å². The van der Waals surface area contributed by atoms with E-state index in [1.165, 1.54) is 30.0 Å². The van der Waals surface area contributed by atoms with Gasteiger partial charge in [-0.2, -0.15) is 13.2 Å². The molecule has 0 atom stereocenters. The number of hydrogen-bond acceptors (Lipinski definition) is 6. The number of carboxylic acid groups (broad SMARTS) is 1. The number of nitrogens with one attached hydrogen (secondary N) is 1. The van der Waals surface area contributed by atoms with E-state index in [0.717, 1.165) is 30.0 Å². The summed E-state index contributed by atoms with van der Waals surface area (Å²) in [6.07, 6.45) is -1.32. The Kier molecular flexibility index (Phi) is 8.39. The van der Waals surface area contributed by atoms with Crippen molar-refractivity contribution in [1.29, 1.82) is 0 Å². The van der Waals surface area contributed by atoms with Gasteiger partial charge in [0.05, 0.1) is 16.2 Å². The van der Waals surface area contributed by atoms with Crippen molar-refractivity contribution in [2.45, 2.75) is 38.8 Å². The first-order chi connectivity index (χ1) is 16.5. The number of benzene rings is 1. The molecule has 0 saturated carbocycles. The molecule has 0 unspecified atom stereocenters. The molecule has 35 heavy (non-hydrogen) atoms. The lowest BCUT2D eigenvalue weighted by molar-refractivity contribution is -0.138. The zero-order valence-corrected chi connectivity index (χ0v) is 20.1. The summed E-state index contributed by atoms with van der Waals surface area (Å²) < 4.78 is 45.7. The lowest BCUT2D eigenvalue weighted by atomic mass is 10.1. The summed E-state index contributed by atoms with van der Waals surface area (Å²) in [4.78, 5) is 36.5. The Morgan fingerprint density at radius 3 is 2.60 bits per heavy atom. The number of rotatable bonds is 9. The summed E-state index contributed by atoms with van der Waals surface area (Å²) in [6.45, 7) is 1.60. The standard InChI is InChI=1S/C23H21F3N2O5S2/c1-13(29)27-17-8-6-14(23(24,25)26)11-16(17)18-9-7-15(33-18)12-19-21(32)28(22(34)35-19)10-4-2-3-5-20(30)31/h6-9,11-12H,2-5,10H2,1H3,(H,27,29)(H,30,31)/b19-12-. The van der Waals surface area contributed by atoms with E-state index in [0.29, 0.717) is 35.0 Å². The predicted molar refractivity (Wildman–Crippen MR) is 129 cm³/mol. The minimum Gasteiger partial charge on any atom is -0.481 e. The third-order valence-corrected chi connectivity index (χ3v) is 6.35. The topological polar surface area (TPSA) is 99.9 Å². The largest absolute Gasteiger partial charge is 0.481 e. The predicted octanol–water partition coefficient (Wildman–Crippen LogP) is 5.77. The van der Waals surface area contributed by atoms with Gasteiger partial charge in [0.1, 0.15) is 15.8 Å². The smallest absolute Gasteiger partial charge is 0.416 e. The van der Waals surface area contributed by atoms with Crippen LogP contribution in [0.4, 0.5) is 18.9 Å². The molecule has 0 aliphatic carbocycles. The Hall–Kier alpha value is -3.12. The molecule has 186 valence electrons. The number of carboxylic acids is 1. The zero-order chi connectivity index (χ0) is 25.8. The number of carbonyl (C=O) groups is 3. The normalized spacial score (nSPS) is 15.2. The fourth-order valence-electron chi connectivity index (χ4n) is 3.34. The number of carbonyl (C=O) groups excluding carboxylic acids is 2. The number of unbranched alkanes of at least 4 members (excludes halogenated alkanes) is 2. The minimum absolute atomic E-state index is 0.0450. The van der Waals surface area contributed by atoms with E-state index < -0.39 is 23.6 Å². The maximum Gasteiger partial charge on any atom is 0.416 e. The first kappa shape index (κ1) is 26.5. The first-order valence-electron chi connectivity index (χ1n) is 10.5. The Morgan fingerprint density at radius 1 is 1.20 bits per heavy atom. The summed E-state index contributed by atoms with van der Waals surface area (Å²) in [5.41, 5.74) is -0.701. The SMILES string of the molecule is CC(=O)Nc1ccc(C(F)(F)F)cc1-c1ccc(/C=C2\SC(=S)N(CCCCCC(=O)O)C2=O)o1. The van der Waals surface area contributed by atoms with Gasteiger partial charge in [0.2, 0.25) is 5.91 Å². The molecule has 2 aromatic rings. The highest BCUT2D eigenvalue weighted by atomic mass is 32.2. The summed E-state index contributed by atoms with van der Waals surface area (Å²) in [7, 11) is 0. The van der Waals surface area contributed by atoms with Crippen molar-refractivity contribution in [1.82, 2.24) is 4.90 Å². The molecule has 1 aromatic carbocycles. The lowest BCUT2D eigenvalue weighted by Crippen LogP contribution is -2.29. The van der Waals surface area contributed by atoms with E-state index in [2.05, 4.69) is 5.32 Å². The third kappa shape index (κ3) is 6.95. The number of thioether (sulfide) groups is 1. The minimum atomic E-state index is -4.58. The van der Waals surface area contributed by atoms with Crippen LogP contribution in [0.1, 0.15) is 43.9 Å². The average molecular weight is 527 g/mol. The van der Waals surface area contributed by atoms with Gasteiger partial charge in [-0.15, -0.1) is 0 Å². The molecule has 3 rings (SSSR count). The quantitative estimate of drug-likeness (QED) is 0.243. The maximum atomic E-state index is 13.2. The van der Waals surface area contributed by atoms with Crippen molar-refractivity contribution in [3.63, 3.8) is 0 Å². The van der Waals surface area contributed by atoms with E-state index in [9.17, 15) is 27.6 Å². The van der Waals surface area contributed by atoms with Gasteiger partial charge in [-0.25, -0.2) is 0 Å². The van der Waals surface area contributed by atoms with Crippen molar-refractivity contribution in [3.8, 4) is 11.3 Å². The summed E-state index contributed by atoms with van der Waals surface area (Å²) in [6, 6.07) is 5.87. The molecule has 2 amide bonds. The van der Waals surface area contributed by atoms with Gasteiger partial charge in [-0.1, -0.05) is 30.4 Å². The number of anilines is 1. The van der Waals surface area contributed by atoms with E-state index in [4.69, 9.17) is 21.7 Å². The maximum absolute atomic E-state index is 13.2. The van der Waals surface area contributed by atoms with Crippen LogP contribution in [0, 0.1) is 0 Å². The molecule has 0 spiro atoms. The highest BCUT2D eigenvalue weighted by Crippen LogP contribution is 2.38. The van der Waals surface area contributed by atoms with Gasteiger partial charge in [0, 0.05) is 31.5 Å². The molecule has 7 nitrogen and oxygen atoms in total. The molecule has 1 aliphatic heterocycles. The molecule has 2 heterocycles. The molecule has 0 radical (unpaired) electrons. The van der Waals surface area contributed by atoms with Crippen LogP contribution in [-0.2, 0) is 20.6 Å². The van der Waals surface area contributed by atoms with E-state index >= 15 is 0 Å². The molecule has 1 aliphatic rings. The Balaban J connectivity index is 1.78. The molecular weight excluding hydrogens is 505 g/mol. The second kappa shape index (κ2) is 11.1. The summed E-state index contributed by atoms with van der Waals surface area (Å²) in [5, 5.41) is 11.2. The molecule has 2 N–H and O–H groups in total. The van der Waals surface area contributed by atoms with Crippen LogP contribution in [-0.4, -0.2) is 38.7 Å². The number of furan rings is 1. The number of amides is 2. The number of nitrogens with zero attached hydrogens (tertiary/aromatic N) is 1. The van der Waals surface area contributed by atoms with Gasteiger partial charge in [0.15, 0.2) is 0 Å². The van der Waals surface area contributed by atoms with Gasteiger partial charge in [0.25, 0.3) is 5.91 Å². The number of alkyl halides is 3. The van der Waals surface area contributed by atoms with Crippen molar-refractivity contribution < 1.29 is 37.1 Å². The molecule has 1 fully saturated rings. The molecule has 1 aromatic heterocycles. The molecule has 0 bridgehead atoms. The van der Waals surface area contributed by atoms with Crippen LogP contribution in [0.2, 0.25) is 0 Å². The van der Waals surface area contributed by atoms with E-state index in [-0.39, 0.29) is 35.1 Å². The van der Waals surface area contributed by atoms with Crippen molar-refractivity contribution >= 4 is 57.8 Å². The number of halogens is 3. The van der Waals surface area contributed by atoms with Crippen molar-refractivity contribution in [2.75, 3.05) is 11.9 Å². The fraction of sp³-hybridized carbons (Fsp3) is 0.304. The van der Waals surface area contributed by atoms with Crippen LogP contribution in [0.5, 0.6) is 0 Å². The first-order valence-corrected chi connectivity index (χ1v) is 11.7. The highest BCUT2D eigenvalue weighted by Gasteiger charge is 2.33. The van der Waals surface area contributed by atoms with Crippen LogP contribution < -0.4 is 5.32 Å². The Morgan fingerprint density at radius 2 is 1.94 bits per heavy atom. The van der Waals surface area contributed by atoms with Gasteiger partial charge < -0.3 is 14.8 Å². The van der Waals surface area contributed by atoms with Gasteiger partial charge in [-0.3, -0.25) is 19.3 Å². The van der Waals surface area contributed by atoms with Crippen LogP contribution in [0.25, 0.3) is 17.4 Å². The molecule has 12 heteroatoms. The zero-order valence-electron chi connectivity index (χ0n) is 18.5. The summed E-state index contributed by atoms with van der Waals surface area (Å²) >= 11 is 6.35. The van der Waals surface area contributed by atoms with Gasteiger partial charge >= 0.3 is 12.1 Å². The average Bonchev–Trinajstić information content (AvgIpc) is 3.32. The lowest BCUT2D eigenvalue weighted by Gasteiger charge is -2.13. The van der Waals surface area contributed by atoms with Crippen molar-refractivity contribution in [2.24, 2.45) is 0 Å². The fourth-order valence-corrected chi connectivity index (χ4v) is 4.63. The number of hydrogen-bond donors (Lipinski definition) is 2. The number of aliphatic carboxylic acids is 1. The van der Waals surface area contributed by atoms with Crippen LogP contribution in [0.3, 0.4) is 0 Å². The Labute approximate surface area is 208 Å². The van der Waals surface area contributed by atoms with Crippen LogP contribution >= 0.6 is 24.0 Å². The summed E-state index contributed by atoms with van der Waals surface area (Å²) in [5.74, 6) is -1.34. The molecule has 1 saturated heterocycles. The third-order valence-electron chi connectivity index (χ3n) is 4.97. The second-order valence-electron chi connectivity index (χ2n) is 7.68. The Bertz CT molecular complexity index is 1190. The second-order valence-corrected chi connectivity index (χ2v) is 9.35. The van der Waals surface area contributed by atoms with Crippen LogP contribution in [0.15, 0.2) is 39.7 Å².